The highest BCUT2D eigenvalue weighted by molar-refractivity contribution is 5.92. The number of ether oxygens (including phenoxy) is 1. The van der Waals surface area contributed by atoms with Crippen molar-refractivity contribution in [2.75, 3.05) is 7.11 Å². The second-order valence-electron chi connectivity index (χ2n) is 5.93. The first-order valence-electron chi connectivity index (χ1n) is 8.16. The molecule has 134 valence electrons. The number of pyridine rings is 1. The number of methoxy groups -OCH3 is 1. The molecule has 1 amide bonds. The quantitative estimate of drug-likeness (QED) is 0.736. The number of benzene rings is 1. The maximum atomic E-state index is 12.4. The van der Waals surface area contributed by atoms with Crippen molar-refractivity contribution in [3.05, 3.63) is 75.3 Å². The van der Waals surface area contributed by atoms with Gasteiger partial charge >= 0.3 is 0 Å². The number of aromatic amines is 1. The van der Waals surface area contributed by atoms with E-state index in [9.17, 15) is 9.59 Å². The molecule has 0 spiro atoms. The summed E-state index contributed by atoms with van der Waals surface area (Å²) in [6.07, 6.45) is 0. The SMILES string of the molecule is COc1nc(C)cc(C)c1CNC(=O)c1cc(=O)n(-c2ccccc2)[nH]1. The lowest BCUT2D eigenvalue weighted by atomic mass is 10.1. The molecule has 0 atom stereocenters. The van der Waals surface area contributed by atoms with E-state index in [0.29, 0.717) is 11.6 Å². The average molecular weight is 352 g/mol. The van der Waals surface area contributed by atoms with E-state index in [-0.39, 0.29) is 23.7 Å². The molecule has 26 heavy (non-hydrogen) atoms. The normalized spacial score (nSPS) is 10.6. The van der Waals surface area contributed by atoms with E-state index in [1.54, 1.807) is 19.2 Å². The molecule has 0 aliphatic rings. The van der Waals surface area contributed by atoms with Crippen LogP contribution >= 0.6 is 0 Å². The van der Waals surface area contributed by atoms with E-state index in [2.05, 4.69) is 15.4 Å². The standard InChI is InChI=1S/C19H20N4O3/c1-12-9-13(2)21-19(26-3)15(12)11-20-18(25)16-10-17(24)23(22-16)14-7-5-4-6-8-14/h4-10,22H,11H2,1-3H3,(H,20,25). The molecule has 0 saturated carbocycles. The van der Waals surface area contributed by atoms with Crippen molar-refractivity contribution in [2.45, 2.75) is 20.4 Å². The number of H-pyrrole nitrogens is 1. The van der Waals surface area contributed by atoms with Crippen molar-refractivity contribution >= 4 is 5.91 Å². The molecule has 2 heterocycles. The van der Waals surface area contributed by atoms with Crippen LogP contribution in [0.4, 0.5) is 0 Å². The predicted molar refractivity (Wildman–Crippen MR) is 97.8 cm³/mol. The number of aryl methyl sites for hydroxylation is 2. The third-order valence-corrected chi connectivity index (χ3v) is 4.04. The molecule has 0 aliphatic carbocycles. The summed E-state index contributed by atoms with van der Waals surface area (Å²) in [5.41, 5.74) is 3.18. The molecule has 0 bridgehead atoms. The fourth-order valence-electron chi connectivity index (χ4n) is 2.76. The summed E-state index contributed by atoms with van der Waals surface area (Å²) in [6.45, 7) is 4.07. The Morgan fingerprint density at radius 3 is 2.65 bits per heavy atom. The van der Waals surface area contributed by atoms with Gasteiger partial charge in [0.1, 0.15) is 5.69 Å². The molecular weight excluding hydrogens is 332 g/mol. The zero-order valence-corrected chi connectivity index (χ0v) is 14.9. The molecule has 3 rings (SSSR count). The Balaban J connectivity index is 1.79. The Labute approximate surface area is 150 Å². The van der Waals surface area contributed by atoms with Crippen molar-refractivity contribution in [3.8, 4) is 11.6 Å². The molecule has 0 aliphatic heterocycles. The predicted octanol–water partition coefficient (Wildman–Crippen LogP) is 2.12. The summed E-state index contributed by atoms with van der Waals surface area (Å²) < 4.78 is 6.63. The van der Waals surface area contributed by atoms with Gasteiger partial charge in [-0.1, -0.05) is 18.2 Å². The maximum absolute atomic E-state index is 12.4. The molecule has 0 radical (unpaired) electrons. The summed E-state index contributed by atoms with van der Waals surface area (Å²) in [5.74, 6) is 0.108. The third-order valence-electron chi connectivity index (χ3n) is 4.04. The first kappa shape index (κ1) is 17.5. The molecule has 2 N–H and O–H groups in total. The summed E-state index contributed by atoms with van der Waals surface area (Å²) in [7, 11) is 1.55. The average Bonchev–Trinajstić information content (AvgIpc) is 3.02. The van der Waals surface area contributed by atoms with Gasteiger partial charge in [-0.15, -0.1) is 0 Å². The van der Waals surface area contributed by atoms with E-state index in [0.717, 1.165) is 16.8 Å². The van der Waals surface area contributed by atoms with Crippen molar-refractivity contribution in [1.29, 1.82) is 0 Å². The van der Waals surface area contributed by atoms with Crippen molar-refractivity contribution in [1.82, 2.24) is 20.1 Å². The van der Waals surface area contributed by atoms with Gasteiger partial charge in [0.05, 0.1) is 12.8 Å². The Morgan fingerprint density at radius 1 is 1.23 bits per heavy atom. The second kappa shape index (κ2) is 7.26. The molecular formula is C19H20N4O3. The molecule has 1 aromatic carbocycles. The second-order valence-corrected chi connectivity index (χ2v) is 5.93. The van der Waals surface area contributed by atoms with Gasteiger partial charge in [-0.25, -0.2) is 9.67 Å². The zero-order valence-electron chi connectivity index (χ0n) is 14.9. The number of hydrogen-bond donors (Lipinski definition) is 2. The van der Waals surface area contributed by atoms with Gasteiger partial charge in [0.15, 0.2) is 0 Å². The van der Waals surface area contributed by atoms with E-state index in [1.807, 2.05) is 38.1 Å². The van der Waals surface area contributed by atoms with Gasteiger partial charge in [0, 0.05) is 23.9 Å². The minimum atomic E-state index is -0.376. The molecule has 3 aromatic rings. The van der Waals surface area contributed by atoms with E-state index in [1.165, 1.54) is 10.7 Å². The highest BCUT2D eigenvalue weighted by Gasteiger charge is 2.15. The number of carbonyl (C=O) groups is 1. The van der Waals surface area contributed by atoms with Crippen LogP contribution in [0, 0.1) is 13.8 Å². The number of amides is 1. The Morgan fingerprint density at radius 2 is 1.96 bits per heavy atom. The summed E-state index contributed by atoms with van der Waals surface area (Å²) >= 11 is 0. The van der Waals surface area contributed by atoms with Gasteiger partial charge in [-0.3, -0.25) is 14.7 Å². The van der Waals surface area contributed by atoms with E-state index in [4.69, 9.17) is 4.74 Å². The first-order valence-corrected chi connectivity index (χ1v) is 8.16. The van der Waals surface area contributed by atoms with Crippen LogP contribution in [-0.2, 0) is 6.54 Å². The summed E-state index contributed by atoms with van der Waals surface area (Å²) in [4.78, 5) is 28.9. The van der Waals surface area contributed by atoms with E-state index >= 15 is 0 Å². The number of nitrogens with one attached hydrogen (secondary N) is 2. The van der Waals surface area contributed by atoms with Gasteiger partial charge in [0.2, 0.25) is 5.88 Å². The van der Waals surface area contributed by atoms with Gasteiger partial charge < -0.3 is 10.1 Å². The molecule has 2 aromatic heterocycles. The fourth-order valence-corrected chi connectivity index (χ4v) is 2.76. The van der Waals surface area contributed by atoms with Crippen LogP contribution in [0.3, 0.4) is 0 Å². The highest BCUT2D eigenvalue weighted by Crippen LogP contribution is 2.20. The number of aromatic nitrogens is 3. The number of hydrogen-bond acceptors (Lipinski definition) is 4. The maximum Gasteiger partial charge on any atom is 0.271 e. The number of para-hydroxylation sites is 1. The molecule has 0 unspecified atom stereocenters. The molecule has 7 nitrogen and oxygen atoms in total. The summed E-state index contributed by atoms with van der Waals surface area (Å²) in [6, 6.07) is 12.3. The fraction of sp³-hybridized carbons (Fsp3) is 0.211. The summed E-state index contributed by atoms with van der Waals surface area (Å²) in [5, 5.41) is 5.63. The topological polar surface area (TPSA) is 89.0 Å². The van der Waals surface area contributed by atoms with Crippen LogP contribution in [0.1, 0.15) is 27.3 Å². The Bertz CT molecular complexity index is 990. The van der Waals surface area contributed by atoms with Crippen LogP contribution in [0.25, 0.3) is 5.69 Å². The van der Waals surface area contributed by atoms with Crippen LogP contribution in [0.2, 0.25) is 0 Å². The van der Waals surface area contributed by atoms with Gasteiger partial charge in [-0.05, 0) is 37.6 Å². The van der Waals surface area contributed by atoms with Crippen LogP contribution < -0.4 is 15.6 Å². The lowest BCUT2D eigenvalue weighted by molar-refractivity contribution is 0.0945. The van der Waals surface area contributed by atoms with Crippen LogP contribution in [0.5, 0.6) is 5.88 Å². The Kier molecular flexibility index (Phi) is 4.88. The largest absolute Gasteiger partial charge is 0.481 e. The smallest absolute Gasteiger partial charge is 0.271 e. The van der Waals surface area contributed by atoms with Crippen molar-refractivity contribution < 1.29 is 9.53 Å². The number of nitrogens with zero attached hydrogens (tertiary/aromatic N) is 2. The number of rotatable bonds is 5. The molecule has 0 saturated heterocycles. The van der Waals surface area contributed by atoms with Crippen LogP contribution in [0.15, 0.2) is 47.3 Å². The minimum Gasteiger partial charge on any atom is -0.481 e. The molecule has 7 heteroatoms. The molecule has 0 fully saturated rings. The zero-order chi connectivity index (χ0) is 18.7. The third kappa shape index (κ3) is 3.51. The lowest BCUT2D eigenvalue weighted by Crippen LogP contribution is -2.24. The van der Waals surface area contributed by atoms with E-state index < -0.39 is 0 Å². The highest BCUT2D eigenvalue weighted by atomic mass is 16.5. The first-order chi connectivity index (χ1) is 12.5. The Hall–Kier alpha value is -3.35. The number of carbonyl (C=O) groups excluding carboxylic acids is 1. The van der Waals surface area contributed by atoms with Gasteiger partial charge in [0.25, 0.3) is 11.5 Å². The van der Waals surface area contributed by atoms with Crippen LogP contribution in [-0.4, -0.2) is 27.8 Å². The van der Waals surface area contributed by atoms with Gasteiger partial charge in [-0.2, -0.15) is 0 Å². The van der Waals surface area contributed by atoms with Crippen molar-refractivity contribution in [2.24, 2.45) is 0 Å². The lowest BCUT2D eigenvalue weighted by Gasteiger charge is -2.12. The minimum absolute atomic E-state index is 0.190. The van der Waals surface area contributed by atoms with Crippen molar-refractivity contribution in [3.63, 3.8) is 0 Å². The monoisotopic (exact) mass is 352 g/mol.